The summed E-state index contributed by atoms with van der Waals surface area (Å²) in [6.07, 6.45) is 0. The van der Waals surface area contributed by atoms with Crippen molar-refractivity contribution < 1.29 is 4.79 Å². The maximum atomic E-state index is 11.4. The lowest BCUT2D eigenvalue weighted by atomic mass is 10.0. The van der Waals surface area contributed by atoms with Crippen LogP contribution in [0.5, 0.6) is 0 Å². The summed E-state index contributed by atoms with van der Waals surface area (Å²) in [5, 5.41) is 6.10. The minimum atomic E-state index is 0. The topological polar surface area (TPSA) is 41.1 Å². The van der Waals surface area contributed by atoms with Gasteiger partial charge in [0, 0.05) is 31.1 Å². The van der Waals surface area contributed by atoms with Crippen LogP contribution in [-0.4, -0.2) is 25.5 Å². The van der Waals surface area contributed by atoms with E-state index in [9.17, 15) is 4.79 Å². The number of hydrogen-bond acceptors (Lipinski definition) is 2. The van der Waals surface area contributed by atoms with Crippen LogP contribution < -0.4 is 10.6 Å². The molecule has 1 heterocycles. The first kappa shape index (κ1) is 13.5. The first-order chi connectivity index (χ1) is 6.11. The second-order valence-electron chi connectivity index (χ2n) is 3.86. The molecule has 0 atom stereocenters. The minimum absolute atomic E-state index is 0. The van der Waals surface area contributed by atoms with E-state index in [4.69, 9.17) is 0 Å². The molecular weight excluding hydrogens is 200 g/mol. The van der Waals surface area contributed by atoms with Crippen LogP contribution in [0.4, 0.5) is 0 Å². The highest BCUT2D eigenvalue weighted by Crippen LogP contribution is 2.03. The highest BCUT2D eigenvalue weighted by molar-refractivity contribution is 5.93. The molecular formula is C10H19ClN2O. The van der Waals surface area contributed by atoms with E-state index in [-0.39, 0.29) is 18.3 Å². The van der Waals surface area contributed by atoms with Crippen molar-refractivity contribution in [2.24, 2.45) is 5.92 Å². The van der Waals surface area contributed by atoms with Gasteiger partial charge in [0.1, 0.15) is 0 Å². The zero-order valence-electron chi connectivity index (χ0n) is 9.02. The molecule has 0 radical (unpaired) electrons. The standard InChI is InChI=1S/C10H18N2O.ClH/c1-7(2)8(3)10(13)12-6-9-4-11-5-9;/h9,11H,4-6H2,1-3H3,(H,12,13);1H. The lowest BCUT2D eigenvalue weighted by Crippen LogP contribution is -2.48. The Morgan fingerprint density at radius 1 is 1.36 bits per heavy atom. The van der Waals surface area contributed by atoms with Crippen LogP contribution in [0.15, 0.2) is 11.1 Å². The third-order valence-electron chi connectivity index (χ3n) is 2.51. The van der Waals surface area contributed by atoms with Crippen molar-refractivity contribution in [2.45, 2.75) is 20.8 Å². The lowest BCUT2D eigenvalue weighted by Gasteiger charge is -2.27. The summed E-state index contributed by atoms with van der Waals surface area (Å²) in [5.41, 5.74) is 1.93. The fraction of sp³-hybridized carbons (Fsp3) is 0.700. The van der Waals surface area contributed by atoms with Crippen molar-refractivity contribution in [1.82, 2.24) is 10.6 Å². The van der Waals surface area contributed by atoms with E-state index in [1.54, 1.807) is 0 Å². The van der Waals surface area contributed by atoms with Crippen molar-refractivity contribution in [3.05, 3.63) is 11.1 Å². The van der Waals surface area contributed by atoms with Crippen LogP contribution in [0, 0.1) is 5.92 Å². The van der Waals surface area contributed by atoms with Crippen molar-refractivity contribution in [3.8, 4) is 0 Å². The van der Waals surface area contributed by atoms with Gasteiger partial charge in [-0.15, -0.1) is 12.4 Å². The molecule has 4 heteroatoms. The summed E-state index contributed by atoms with van der Waals surface area (Å²) < 4.78 is 0. The Morgan fingerprint density at radius 2 is 1.93 bits per heavy atom. The smallest absolute Gasteiger partial charge is 0.246 e. The molecule has 0 spiro atoms. The molecule has 0 saturated carbocycles. The number of nitrogens with one attached hydrogen (secondary N) is 2. The molecule has 1 rings (SSSR count). The Morgan fingerprint density at radius 3 is 2.29 bits per heavy atom. The molecule has 82 valence electrons. The fourth-order valence-electron chi connectivity index (χ4n) is 1.09. The SMILES string of the molecule is CC(C)=C(C)C(=O)NCC1CNC1.Cl. The zero-order chi connectivity index (χ0) is 9.84. The third-order valence-corrected chi connectivity index (χ3v) is 2.51. The van der Waals surface area contributed by atoms with E-state index >= 15 is 0 Å². The van der Waals surface area contributed by atoms with Crippen molar-refractivity contribution in [2.75, 3.05) is 19.6 Å². The van der Waals surface area contributed by atoms with E-state index in [0.717, 1.165) is 30.8 Å². The van der Waals surface area contributed by atoms with Gasteiger partial charge in [-0.05, 0) is 20.8 Å². The highest BCUT2D eigenvalue weighted by Gasteiger charge is 2.17. The largest absolute Gasteiger partial charge is 0.352 e. The van der Waals surface area contributed by atoms with Gasteiger partial charge in [-0.3, -0.25) is 4.79 Å². The van der Waals surface area contributed by atoms with Gasteiger partial charge in [-0.1, -0.05) is 5.57 Å². The summed E-state index contributed by atoms with van der Waals surface area (Å²) >= 11 is 0. The second-order valence-corrected chi connectivity index (χ2v) is 3.86. The Balaban J connectivity index is 0.00000169. The number of hydrogen-bond donors (Lipinski definition) is 2. The molecule has 3 nitrogen and oxygen atoms in total. The summed E-state index contributed by atoms with van der Waals surface area (Å²) in [6.45, 7) is 8.65. The number of amides is 1. The summed E-state index contributed by atoms with van der Waals surface area (Å²) in [7, 11) is 0. The van der Waals surface area contributed by atoms with Gasteiger partial charge in [-0.25, -0.2) is 0 Å². The van der Waals surface area contributed by atoms with Gasteiger partial charge in [0.05, 0.1) is 0 Å². The number of rotatable bonds is 3. The van der Waals surface area contributed by atoms with Crippen LogP contribution in [0.1, 0.15) is 20.8 Å². The average molecular weight is 219 g/mol. The quantitative estimate of drug-likeness (QED) is 0.697. The number of carbonyl (C=O) groups excluding carboxylic acids is 1. The predicted molar refractivity (Wildman–Crippen MR) is 60.7 cm³/mol. The number of allylic oxidation sites excluding steroid dienone is 1. The average Bonchev–Trinajstić information content (AvgIpc) is 1.99. The third kappa shape index (κ3) is 3.68. The first-order valence-corrected chi connectivity index (χ1v) is 4.74. The van der Waals surface area contributed by atoms with Gasteiger partial charge < -0.3 is 10.6 Å². The molecule has 0 aromatic heterocycles. The van der Waals surface area contributed by atoms with E-state index < -0.39 is 0 Å². The monoisotopic (exact) mass is 218 g/mol. The molecule has 0 unspecified atom stereocenters. The molecule has 1 fully saturated rings. The Kier molecular flexibility index (Phi) is 5.81. The van der Waals surface area contributed by atoms with E-state index in [0.29, 0.717) is 5.92 Å². The van der Waals surface area contributed by atoms with Gasteiger partial charge in [0.15, 0.2) is 0 Å². The van der Waals surface area contributed by atoms with Crippen molar-refractivity contribution in [1.29, 1.82) is 0 Å². The zero-order valence-corrected chi connectivity index (χ0v) is 9.83. The Bertz CT molecular complexity index is 230. The van der Waals surface area contributed by atoms with Gasteiger partial charge >= 0.3 is 0 Å². The van der Waals surface area contributed by atoms with E-state index in [1.165, 1.54) is 0 Å². The molecule has 1 aliphatic rings. The van der Waals surface area contributed by atoms with Crippen LogP contribution in [0.3, 0.4) is 0 Å². The van der Waals surface area contributed by atoms with E-state index in [1.807, 2.05) is 20.8 Å². The summed E-state index contributed by atoms with van der Waals surface area (Å²) in [6, 6.07) is 0. The highest BCUT2D eigenvalue weighted by atomic mass is 35.5. The number of halogens is 1. The van der Waals surface area contributed by atoms with Crippen LogP contribution in [0.25, 0.3) is 0 Å². The van der Waals surface area contributed by atoms with Gasteiger partial charge in [0.2, 0.25) is 5.91 Å². The maximum absolute atomic E-state index is 11.4. The number of carbonyl (C=O) groups is 1. The molecule has 0 aromatic rings. The van der Waals surface area contributed by atoms with Crippen LogP contribution >= 0.6 is 12.4 Å². The first-order valence-electron chi connectivity index (χ1n) is 4.74. The molecule has 1 saturated heterocycles. The van der Waals surface area contributed by atoms with Crippen molar-refractivity contribution >= 4 is 18.3 Å². The van der Waals surface area contributed by atoms with Crippen molar-refractivity contribution in [3.63, 3.8) is 0 Å². The van der Waals surface area contributed by atoms with Gasteiger partial charge in [-0.2, -0.15) is 0 Å². The maximum Gasteiger partial charge on any atom is 0.246 e. The molecule has 1 amide bonds. The second kappa shape index (κ2) is 6.04. The van der Waals surface area contributed by atoms with Gasteiger partial charge in [0.25, 0.3) is 0 Å². The predicted octanol–water partition coefficient (Wildman–Crippen LogP) is 1.10. The Labute approximate surface area is 91.7 Å². The molecule has 1 aliphatic heterocycles. The van der Waals surface area contributed by atoms with Crippen LogP contribution in [0.2, 0.25) is 0 Å². The normalized spacial score (nSPS) is 15.1. The fourth-order valence-corrected chi connectivity index (χ4v) is 1.09. The van der Waals surface area contributed by atoms with Crippen LogP contribution in [-0.2, 0) is 4.79 Å². The molecule has 0 aliphatic carbocycles. The van der Waals surface area contributed by atoms with E-state index in [2.05, 4.69) is 10.6 Å². The summed E-state index contributed by atoms with van der Waals surface area (Å²) in [5.74, 6) is 0.709. The minimum Gasteiger partial charge on any atom is -0.352 e. The Hall–Kier alpha value is -0.540. The molecule has 14 heavy (non-hydrogen) atoms. The molecule has 0 bridgehead atoms. The molecule has 0 aromatic carbocycles. The lowest BCUT2D eigenvalue weighted by molar-refractivity contribution is -0.117. The molecule has 2 N–H and O–H groups in total. The summed E-state index contributed by atoms with van der Waals surface area (Å²) in [4.78, 5) is 11.4.